The van der Waals surface area contributed by atoms with Gasteiger partial charge in [-0.1, -0.05) is 12.1 Å². The number of rotatable bonds is 7. The van der Waals surface area contributed by atoms with E-state index in [1.54, 1.807) is 40.5 Å². The first-order valence-corrected chi connectivity index (χ1v) is 8.09. The predicted octanol–water partition coefficient (Wildman–Crippen LogP) is 3.84. The van der Waals surface area contributed by atoms with Crippen molar-refractivity contribution in [1.29, 1.82) is 0 Å². The minimum absolute atomic E-state index is 0. The highest BCUT2D eigenvalue weighted by Gasteiger charge is 2.12. The van der Waals surface area contributed by atoms with Gasteiger partial charge in [0.25, 0.3) is 0 Å². The van der Waals surface area contributed by atoms with Gasteiger partial charge in [0.1, 0.15) is 5.82 Å². The average Bonchev–Trinajstić information content (AvgIpc) is 2.68. The van der Waals surface area contributed by atoms with Crippen LogP contribution >= 0.6 is 24.0 Å². The second-order valence-corrected chi connectivity index (χ2v) is 5.42. The van der Waals surface area contributed by atoms with Gasteiger partial charge in [-0.2, -0.15) is 0 Å². The smallest absolute Gasteiger partial charge is 0.195 e. The van der Waals surface area contributed by atoms with E-state index < -0.39 is 0 Å². The van der Waals surface area contributed by atoms with Crippen LogP contribution in [-0.2, 0) is 4.74 Å². The van der Waals surface area contributed by atoms with Crippen molar-refractivity contribution in [2.24, 2.45) is 4.99 Å². The molecule has 0 amide bonds. The third-order valence-corrected chi connectivity index (χ3v) is 3.85. The molecule has 0 radical (unpaired) electrons. The lowest BCUT2D eigenvalue weighted by Gasteiger charge is -2.19. The van der Waals surface area contributed by atoms with E-state index in [0.717, 1.165) is 11.3 Å². The van der Waals surface area contributed by atoms with Gasteiger partial charge in [0, 0.05) is 32.5 Å². The second-order valence-electron chi connectivity index (χ2n) is 5.42. The monoisotopic (exact) mass is 489 g/mol. The fourth-order valence-corrected chi connectivity index (χ4v) is 2.43. The summed E-state index contributed by atoms with van der Waals surface area (Å²) in [4.78, 5) is 4.20. The molecule has 0 aliphatic rings. The zero-order chi connectivity index (χ0) is 18.9. The predicted molar refractivity (Wildman–Crippen MR) is 116 cm³/mol. The molecular formula is C19H25FIN3O3. The zero-order valence-electron chi connectivity index (χ0n) is 15.8. The van der Waals surface area contributed by atoms with Gasteiger partial charge in [-0.3, -0.25) is 4.99 Å². The Labute approximate surface area is 176 Å². The Balaban J connectivity index is 0.00000364. The molecule has 148 valence electrons. The Bertz CT molecular complexity index is 741. The van der Waals surface area contributed by atoms with Gasteiger partial charge >= 0.3 is 0 Å². The van der Waals surface area contributed by atoms with Crippen molar-refractivity contribution in [2.75, 3.05) is 40.2 Å². The SMILES string of the molecule is CN=C(NCC(OC)c1ccc(F)cc1)Nc1ccc(OC)c(OC)c1.I. The summed E-state index contributed by atoms with van der Waals surface area (Å²) in [5.41, 5.74) is 1.68. The maximum atomic E-state index is 13.1. The number of hydrogen-bond acceptors (Lipinski definition) is 4. The summed E-state index contributed by atoms with van der Waals surface area (Å²) in [6.45, 7) is 0.467. The quantitative estimate of drug-likeness (QED) is 0.352. The zero-order valence-corrected chi connectivity index (χ0v) is 18.1. The van der Waals surface area contributed by atoms with Crippen LogP contribution in [-0.4, -0.2) is 40.9 Å². The van der Waals surface area contributed by atoms with Crippen LogP contribution in [0.25, 0.3) is 0 Å². The van der Waals surface area contributed by atoms with Crippen LogP contribution in [0.15, 0.2) is 47.5 Å². The summed E-state index contributed by atoms with van der Waals surface area (Å²) in [6.07, 6.45) is -0.237. The summed E-state index contributed by atoms with van der Waals surface area (Å²) in [5, 5.41) is 6.38. The molecule has 6 nitrogen and oxygen atoms in total. The highest BCUT2D eigenvalue weighted by molar-refractivity contribution is 14.0. The summed E-state index contributed by atoms with van der Waals surface area (Å²) >= 11 is 0. The molecule has 2 rings (SSSR count). The first-order chi connectivity index (χ1) is 12.6. The van der Waals surface area contributed by atoms with Gasteiger partial charge in [0.2, 0.25) is 0 Å². The second kappa shape index (κ2) is 11.6. The number of nitrogens with zero attached hydrogens (tertiary/aromatic N) is 1. The van der Waals surface area contributed by atoms with Crippen LogP contribution in [0, 0.1) is 5.82 Å². The van der Waals surface area contributed by atoms with Crippen LogP contribution in [0.2, 0.25) is 0 Å². The first-order valence-electron chi connectivity index (χ1n) is 8.09. The highest BCUT2D eigenvalue weighted by atomic mass is 127. The lowest BCUT2D eigenvalue weighted by molar-refractivity contribution is 0.106. The van der Waals surface area contributed by atoms with Gasteiger partial charge in [-0.15, -0.1) is 24.0 Å². The average molecular weight is 489 g/mol. The topological polar surface area (TPSA) is 64.1 Å². The fraction of sp³-hybridized carbons (Fsp3) is 0.316. The minimum Gasteiger partial charge on any atom is -0.493 e. The van der Waals surface area contributed by atoms with Crippen molar-refractivity contribution in [3.05, 3.63) is 53.8 Å². The molecule has 0 aliphatic heterocycles. The number of ether oxygens (including phenoxy) is 3. The number of hydrogen-bond donors (Lipinski definition) is 2. The molecule has 0 saturated heterocycles. The molecule has 1 unspecified atom stereocenters. The first kappa shape index (κ1) is 23.0. The summed E-state index contributed by atoms with van der Waals surface area (Å²) in [5.74, 6) is 1.56. The van der Waals surface area contributed by atoms with Crippen molar-refractivity contribution in [3.8, 4) is 11.5 Å². The molecule has 2 aromatic rings. The standard InChI is InChI=1S/C19H24FN3O3.HI/c1-21-19(23-15-9-10-16(24-2)17(11-15)25-3)22-12-18(26-4)13-5-7-14(20)8-6-13;/h5-11,18H,12H2,1-4H3,(H2,21,22,23);1H. The van der Waals surface area contributed by atoms with E-state index in [-0.39, 0.29) is 35.9 Å². The van der Waals surface area contributed by atoms with Crippen LogP contribution < -0.4 is 20.1 Å². The lowest BCUT2D eigenvalue weighted by Crippen LogP contribution is -2.34. The van der Waals surface area contributed by atoms with E-state index in [0.29, 0.717) is 24.0 Å². The van der Waals surface area contributed by atoms with Crippen LogP contribution in [0.4, 0.5) is 10.1 Å². The van der Waals surface area contributed by atoms with Crippen molar-refractivity contribution in [2.45, 2.75) is 6.10 Å². The van der Waals surface area contributed by atoms with Gasteiger partial charge in [-0.05, 0) is 29.8 Å². The number of benzene rings is 2. The largest absolute Gasteiger partial charge is 0.493 e. The van der Waals surface area contributed by atoms with Crippen molar-refractivity contribution in [3.63, 3.8) is 0 Å². The molecule has 0 fully saturated rings. The van der Waals surface area contributed by atoms with Crippen LogP contribution in [0.3, 0.4) is 0 Å². The Kier molecular flexibility index (Phi) is 9.87. The van der Waals surface area contributed by atoms with Crippen molar-refractivity contribution in [1.82, 2.24) is 5.32 Å². The number of guanidine groups is 1. The number of anilines is 1. The molecule has 2 N–H and O–H groups in total. The molecule has 0 saturated carbocycles. The molecule has 2 aromatic carbocycles. The Morgan fingerprint density at radius 1 is 1.04 bits per heavy atom. The maximum absolute atomic E-state index is 13.1. The number of nitrogens with one attached hydrogen (secondary N) is 2. The maximum Gasteiger partial charge on any atom is 0.195 e. The molecule has 0 spiro atoms. The van der Waals surface area contributed by atoms with E-state index in [1.807, 2.05) is 18.2 Å². The van der Waals surface area contributed by atoms with Crippen LogP contribution in [0.1, 0.15) is 11.7 Å². The molecule has 8 heteroatoms. The molecule has 0 aliphatic carbocycles. The number of halogens is 2. The number of aliphatic imine (C=N–C) groups is 1. The van der Waals surface area contributed by atoms with Crippen molar-refractivity contribution < 1.29 is 18.6 Å². The Morgan fingerprint density at radius 3 is 2.26 bits per heavy atom. The minimum atomic E-state index is -0.275. The summed E-state index contributed by atoms with van der Waals surface area (Å²) in [7, 11) is 6.46. The third kappa shape index (κ3) is 6.55. The van der Waals surface area contributed by atoms with Crippen LogP contribution in [0.5, 0.6) is 11.5 Å². The molecule has 1 atom stereocenters. The normalized spacial score (nSPS) is 12.0. The molecule has 0 heterocycles. The van der Waals surface area contributed by atoms with Gasteiger partial charge in [-0.25, -0.2) is 4.39 Å². The van der Waals surface area contributed by atoms with E-state index >= 15 is 0 Å². The molecular weight excluding hydrogens is 464 g/mol. The number of methoxy groups -OCH3 is 3. The lowest BCUT2D eigenvalue weighted by atomic mass is 10.1. The van der Waals surface area contributed by atoms with Gasteiger partial charge in [0.05, 0.1) is 20.3 Å². The van der Waals surface area contributed by atoms with E-state index in [4.69, 9.17) is 14.2 Å². The summed E-state index contributed by atoms with van der Waals surface area (Å²) in [6, 6.07) is 11.7. The van der Waals surface area contributed by atoms with Gasteiger partial charge in [0.15, 0.2) is 17.5 Å². The molecule has 27 heavy (non-hydrogen) atoms. The van der Waals surface area contributed by atoms with E-state index in [1.165, 1.54) is 12.1 Å². The van der Waals surface area contributed by atoms with Gasteiger partial charge < -0.3 is 24.8 Å². The third-order valence-electron chi connectivity index (χ3n) is 3.85. The Hall–Kier alpha value is -2.07. The molecule has 0 bridgehead atoms. The highest BCUT2D eigenvalue weighted by Crippen LogP contribution is 2.29. The Morgan fingerprint density at radius 2 is 1.70 bits per heavy atom. The van der Waals surface area contributed by atoms with E-state index in [2.05, 4.69) is 15.6 Å². The van der Waals surface area contributed by atoms with Crippen molar-refractivity contribution >= 4 is 35.6 Å². The molecule has 0 aromatic heterocycles. The summed E-state index contributed by atoms with van der Waals surface area (Å²) < 4.78 is 29.1. The fourth-order valence-electron chi connectivity index (χ4n) is 2.43. The van der Waals surface area contributed by atoms with E-state index in [9.17, 15) is 4.39 Å².